The predicted octanol–water partition coefficient (Wildman–Crippen LogP) is 3.63. The summed E-state index contributed by atoms with van der Waals surface area (Å²) in [6, 6.07) is 9.05. The average molecular weight is 355 g/mol. The second-order valence-corrected chi connectivity index (χ2v) is 8.56. The number of nitrogens with zero attached hydrogens (tertiary/aromatic N) is 3. The van der Waals surface area contributed by atoms with Crippen molar-refractivity contribution in [3.05, 3.63) is 29.8 Å². The van der Waals surface area contributed by atoms with Gasteiger partial charge in [0.05, 0.1) is 0 Å². The maximum absolute atomic E-state index is 5.11. The number of anilines is 1. The molecule has 1 aromatic rings. The van der Waals surface area contributed by atoms with Crippen LogP contribution >= 0.6 is 0 Å². The summed E-state index contributed by atoms with van der Waals surface area (Å²) in [4.78, 5) is 10.0. The van der Waals surface area contributed by atoms with Crippen molar-refractivity contribution < 1.29 is 0 Å². The van der Waals surface area contributed by atoms with E-state index in [1.807, 2.05) is 0 Å². The highest BCUT2D eigenvalue weighted by molar-refractivity contribution is 5.98. The predicted molar refractivity (Wildman–Crippen MR) is 110 cm³/mol. The molecule has 1 aromatic carbocycles. The summed E-state index contributed by atoms with van der Waals surface area (Å²) in [6.45, 7) is 7.57. The maximum atomic E-state index is 5.11. The lowest BCUT2D eigenvalue weighted by molar-refractivity contribution is 0.214. The van der Waals surface area contributed by atoms with Crippen molar-refractivity contribution in [2.45, 2.75) is 50.9 Å². The van der Waals surface area contributed by atoms with Crippen LogP contribution in [0.2, 0.25) is 0 Å². The molecule has 2 aliphatic heterocycles. The molecule has 4 nitrogen and oxygen atoms in total. The van der Waals surface area contributed by atoms with Crippen LogP contribution in [-0.2, 0) is 5.41 Å². The Morgan fingerprint density at radius 1 is 1.23 bits per heavy atom. The number of hydrogen-bond acceptors (Lipinski definition) is 2. The molecular formula is C22H34N4. The van der Waals surface area contributed by atoms with Crippen LogP contribution in [0.4, 0.5) is 5.69 Å². The van der Waals surface area contributed by atoms with Gasteiger partial charge in [-0.15, -0.1) is 0 Å². The Bertz CT molecular complexity index is 647. The molecule has 0 radical (unpaired) electrons. The van der Waals surface area contributed by atoms with Crippen LogP contribution in [0.3, 0.4) is 0 Å². The fourth-order valence-electron chi connectivity index (χ4n) is 5.33. The first-order valence-electron chi connectivity index (χ1n) is 10.6. The van der Waals surface area contributed by atoms with Gasteiger partial charge in [0.25, 0.3) is 0 Å². The smallest absolute Gasteiger partial charge is 0.198 e. The Hall–Kier alpha value is -1.55. The Kier molecular flexibility index (Phi) is 5.21. The molecule has 1 atom stereocenters. The second kappa shape index (κ2) is 7.59. The minimum Gasteiger partial charge on any atom is -0.356 e. The normalized spacial score (nSPS) is 25.7. The molecule has 1 aliphatic carbocycles. The minimum absolute atomic E-state index is 0.359. The lowest BCUT2D eigenvalue weighted by Gasteiger charge is -2.30. The molecule has 0 bridgehead atoms. The van der Waals surface area contributed by atoms with E-state index in [1.165, 1.54) is 57.3 Å². The molecule has 0 aromatic heterocycles. The van der Waals surface area contributed by atoms with Crippen molar-refractivity contribution in [3.63, 3.8) is 0 Å². The summed E-state index contributed by atoms with van der Waals surface area (Å²) in [7, 11) is 2.24. The highest BCUT2D eigenvalue weighted by atomic mass is 15.3. The highest BCUT2D eigenvalue weighted by Crippen LogP contribution is 2.50. The largest absolute Gasteiger partial charge is 0.356 e. The van der Waals surface area contributed by atoms with E-state index < -0.39 is 0 Å². The number of guanidine groups is 1. The van der Waals surface area contributed by atoms with Crippen LogP contribution in [0.25, 0.3) is 0 Å². The Labute approximate surface area is 158 Å². The average Bonchev–Trinajstić information content (AvgIpc) is 3.25. The van der Waals surface area contributed by atoms with Crippen molar-refractivity contribution in [2.24, 2.45) is 10.9 Å². The lowest BCUT2D eigenvalue weighted by atomic mass is 9.81. The number of aliphatic imine (C=N–C) groups is 1. The van der Waals surface area contributed by atoms with Gasteiger partial charge in [-0.2, -0.15) is 0 Å². The molecule has 142 valence electrons. The van der Waals surface area contributed by atoms with Gasteiger partial charge in [-0.3, -0.25) is 4.99 Å². The molecule has 3 aliphatic rings. The third-order valence-electron chi connectivity index (χ3n) is 6.60. The number of hydrogen-bond donors (Lipinski definition) is 1. The molecule has 26 heavy (non-hydrogen) atoms. The summed E-state index contributed by atoms with van der Waals surface area (Å²) in [5.74, 6) is 1.79. The Morgan fingerprint density at radius 2 is 2.04 bits per heavy atom. The molecule has 0 amide bonds. The monoisotopic (exact) mass is 354 g/mol. The number of para-hydroxylation sites is 1. The second-order valence-electron chi connectivity index (χ2n) is 8.56. The standard InChI is InChI=1S/C22H34N4/c1-3-23-21(24-15-18-9-8-14-25(2)16-18)26-17-22(12-6-7-13-22)19-10-4-5-11-20(19)26/h4-5,10-11,18H,3,6-9,12-17H2,1-2H3,(H,23,24). The fraction of sp³-hybridized carbons (Fsp3) is 0.682. The van der Waals surface area contributed by atoms with Crippen LogP contribution in [0, 0.1) is 5.92 Å². The van der Waals surface area contributed by atoms with E-state index in [9.17, 15) is 0 Å². The molecule has 1 saturated heterocycles. The van der Waals surface area contributed by atoms with Gasteiger partial charge in [0.2, 0.25) is 0 Å². The van der Waals surface area contributed by atoms with Gasteiger partial charge in [-0.25, -0.2) is 0 Å². The van der Waals surface area contributed by atoms with Crippen LogP contribution in [0.1, 0.15) is 51.0 Å². The molecule has 1 spiro atoms. The van der Waals surface area contributed by atoms with E-state index in [1.54, 1.807) is 5.56 Å². The molecular weight excluding hydrogens is 320 g/mol. The summed E-state index contributed by atoms with van der Waals surface area (Å²) >= 11 is 0. The number of rotatable bonds is 3. The number of likely N-dealkylation sites (tertiary alicyclic amines) is 1. The number of piperidine rings is 1. The minimum atomic E-state index is 0.359. The van der Waals surface area contributed by atoms with Crippen molar-refractivity contribution in [1.29, 1.82) is 0 Å². The van der Waals surface area contributed by atoms with Crippen LogP contribution in [0.5, 0.6) is 0 Å². The van der Waals surface area contributed by atoms with E-state index in [4.69, 9.17) is 4.99 Å². The zero-order valence-corrected chi connectivity index (χ0v) is 16.5. The van der Waals surface area contributed by atoms with Crippen LogP contribution in [0.15, 0.2) is 29.3 Å². The summed E-state index contributed by atoms with van der Waals surface area (Å²) in [5.41, 5.74) is 3.30. The first kappa shape index (κ1) is 17.8. The van der Waals surface area contributed by atoms with Crippen molar-refractivity contribution >= 4 is 11.6 Å². The molecule has 4 rings (SSSR count). The van der Waals surface area contributed by atoms with E-state index in [0.717, 1.165) is 25.6 Å². The molecule has 4 heteroatoms. The molecule has 1 unspecified atom stereocenters. The van der Waals surface area contributed by atoms with Gasteiger partial charge in [0.15, 0.2) is 5.96 Å². The van der Waals surface area contributed by atoms with Gasteiger partial charge in [0, 0.05) is 37.3 Å². The number of fused-ring (bicyclic) bond motifs is 2. The molecule has 2 heterocycles. The SMILES string of the molecule is CCNC(=NCC1CCCN(C)C1)N1CC2(CCCC2)c2ccccc21. The highest BCUT2D eigenvalue weighted by Gasteiger charge is 2.45. The summed E-state index contributed by atoms with van der Waals surface area (Å²) < 4.78 is 0. The molecule has 2 fully saturated rings. The topological polar surface area (TPSA) is 30.9 Å². The molecule has 1 N–H and O–H groups in total. The number of nitrogens with one attached hydrogen (secondary N) is 1. The zero-order chi connectivity index (χ0) is 18.0. The third kappa shape index (κ3) is 3.36. The first-order chi connectivity index (χ1) is 12.7. The van der Waals surface area contributed by atoms with Crippen molar-refractivity contribution in [3.8, 4) is 0 Å². The van der Waals surface area contributed by atoms with E-state index in [2.05, 4.69) is 53.4 Å². The Balaban J connectivity index is 1.57. The van der Waals surface area contributed by atoms with Crippen molar-refractivity contribution in [2.75, 3.05) is 44.7 Å². The summed E-state index contributed by atoms with van der Waals surface area (Å²) in [5, 5.41) is 3.58. The Morgan fingerprint density at radius 3 is 2.81 bits per heavy atom. The van der Waals surface area contributed by atoms with Gasteiger partial charge < -0.3 is 15.1 Å². The van der Waals surface area contributed by atoms with Gasteiger partial charge >= 0.3 is 0 Å². The quantitative estimate of drug-likeness (QED) is 0.664. The zero-order valence-electron chi connectivity index (χ0n) is 16.5. The maximum Gasteiger partial charge on any atom is 0.198 e. The lowest BCUT2D eigenvalue weighted by Crippen LogP contribution is -2.44. The van der Waals surface area contributed by atoms with Crippen LogP contribution < -0.4 is 10.2 Å². The van der Waals surface area contributed by atoms with Crippen LogP contribution in [-0.4, -0.2) is 50.6 Å². The summed E-state index contributed by atoms with van der Waals surface area (Å²) in [6.07, 6.45) is 8.01. The van der Waals surface area contributed by atoms with E-state index >= 15 is 0 Å². The van der Waals surface area contributed by atoms with E-state index in [0.29, 0.717) is 11.3 Å². The third-order valence-corrected chi connectivity index (χ3v) is 6.60. The van der Waals surface area contributed by atoms with Gasteiger partial charge in [0.1, 0.15) is 0 Å². The first-order valence-corrected chi connectivity index (χ1v) is 10.6. The van der Waals surface area contributed by atoms with E-state index in [-0.39, 0.29) is 0 Å². The number of benzene rings is 1. The molecule has 1 saturated carbocycles. The van der Waals surface area contributed by atoms with Gasteiger partial charge in [-0.1, -0.05) is 31.0 Å². The van der Waals surface area contributed by atoms with Gasteiger partial charge in [-0.05, 0) is 63.7 Å². The van der Waals surface area contributed by atoms with Crippen molar-refractivity contribution in [1.82, 2.24) is 10.2 Å². The fourth-order valence-corrected chi connectivity index (χ4v) is 5.33.